The molecule has 0 saturated heterocycles. The van der Waals surface area contributed by atoms with Crippen LogP contribution < -0.4 is 0 Å². The van der Waals surface area contributed by atoms with Gasteiger partial charge >= 0.3 is 0 Å². The molecule has 1 heterocycles. The highest BCUT2D eigenvalue weighted by molar-refractivity contribution is 6.01. The van der Waals surface area contributed by atoms with Crippen molar-refractivity contribution in [2.24, 2.45) is 0 Å². The van der Waals surface area contributed by atoms with Crippen LogP contribution in [0.25, 0.3) is 5.57 Å². The summed E-state index contributed by atoms with van der Waals surface area (Å²) in [4.78, 5) is 15.7. The Hall–Kier alpha value is -1.38. The van der Waals surface area contributed by atoms with Gasteiger partial charge in [0.1, 0.15) is 5.69 Å². The van der Waals surface area contributed by atoms with Crippen LogP contribution in [0, 0.1) is 0 Å². The molecule has 0 aromatic carbocycles. The number of carbonyl (C=O) groups excluding carboxylic acids is 1. The van der Waals surface area contributed by atoms with E-state index in [1.807, 2.05) is 4.57 Å². The number of Topliss-reactive ketones (excluding diaryl/α,β-unsaturated/α-hetero) is 1. The Labute approximate surface area is 83.5 Å². The van der Waals surface area contributed by atoms with Crippen molar-refractivity contribution in [2.75, 3.05) is 0 Å². The summed E-state index contributed by atoms with van der Waals surface area (Å²) in [5.41, 5.74) is 2.63. The third-order valence-corrected chi connectivity index (χ3v) is 2.56. The van der Waals surface area contributed by atoms with E-state index in [9.17, 15) is 4.79 Å². The molecule has 1 aromatic heterocycles. The fourth-order valence-corrected chi connectivity index (χ4v) is 1.87. The lowest BCUT2D eigenvalue weighted by Gasteiger charge is -2.15. The molecular formula is C11H14N2O. The zero-order chi connectivity index (χ0) is 10.1. The van der Waals surface area contributed by atoms with E-state index in [1.165, 1.54) is 0 Å². The van der Waals surface area contributed by atoms with Crippen LogP contribution in [0.5, 0.6) is 0 Å². The van der Waals surface area contributed by atoms with Crippen LogP contribution in [0.4, 0.5) is 0 Å². The molecule has 1 aromatic rings. The van der Waals surface area contributed by atoms with Crippen LogP contribution in [0.1, 0.15) is 42.4 Å². The van der Waals surface area contributed by atoms with E-state index in [1.54, 1.807) is 6.33 Å². The first-order chi connectivity index (χ1) is 6.74. The minimum absolute atomic E-state index is 0.155. The fraction of sp³-hybridized carbons (Fsp3) is 0.455. The predicted octanol–water partition coefficient (Wildman–Crippen LogP) is 2.28. The number of aromatic nitrogens is 2. The van der Waals surface area contributed by atoms with E-state index in [0.717, 1.165) is 30.7 Å². The van der Waals surface area contributed by atoms with Gasteiger partial charge in [-0.25, -0.2) is 4.98 Å². The van der Waals surface area contributed by atoms with Crippen LogP contribution >= 0.6 is 0 Å². The van der Waals surface area contributed by atoms with Gasteiger partial charge in [0.15, 0.2) is 5.78 Å². The number of ketones is 1. The summed E-state index contributed by atoms with van der Waals surface area (Å²) in [5.74, 6) is 0.155. The SMILES string of the molecule is C=C1CCC(=O)c2ncn(CCC)c21. The van der Waals surface area contributed by atoms with E-state index < -0.39 is 0 Å². The highest BCUT2D eigenvalue weighted by atomic mass is 16.1. The topological polar surface area (TPSA) is 34.9 Å². The molecule has 0 amide bonds. The number of nitrogens with zero attached hydrogens (tertiary/aromatic N) is 2. The maximum absolute atomic E-state index is 11.5. The molecule has 1 aliphatic carbocycles. The summed E-state index contributed by atoms with van der Waals surface area (Å²) in [6, 6.07) is 0. The quantitative estimate of drug-likeness (QED) is 0.717. The first kappa shape index (κ1) is 9.19. The zero-order valence-electron chi connectivity index (χ0n) is 8.42. The van der Waals surface area contributed by atoms with Gasteiger partial charge in [0.05, 0.1) is 12.0 Å². The van der Waals surface area contributed by atoms with Gasteiger partial charge in [0.25, 0.3) is 0 Å². The monoisotopic (exact) mass is 190 g/mol. The van der Waals surface area contributed by atoms with E-state index in [4.69, 9.17) is 0 Å². The molecule has 0 N–H and O–H groups in total. The molecule has 3 heteroatoms. The lowest BCUT2D eigenvalue weighted by Crippen LogP contribution is -2.12. The number of imidazole rings is 1. The lowest BCUT2D eigenvalue weighted by molar-refractivity contribution is 0.0976. The Kier molecular flexibility index (Phi) is 2.23. The van der Waals surface area contributed by atoms with Gasteiger partial charge in [0, 0.05) is 13.0 Å². The predicted molar refractivity (Wildman–Crippen MR) is 55.1 cm³/mol. The second kappa shape index (κ2) is 3.40. The Morgan fingerprint density at radius 3 is 3.07 bits per heavy atom. The summed E-state index contributed by atoms with van der Waals surface area (Å²) < 4.78 is 2.04. The Bertz CT molecular complexity index is 390. The van der Waals surface area contributed by atoms with Crippen LogP contribution in [0.3, 0.4) is 0 Å². The van der Waals surface area contributed by atoms with Gasteiger partial charge in [-0.2, -0.15) is 0 Å². The molecule has 0 spiro atoms. The molecule has 0 unspecified atom stereocenters. The van der Waals surface area contributed by atoms with Crippen LogP contribution in [-0.4, -0.2) is 15.3 Å². The number of rotatable bonds is 2. The molecule has 0 bridgehead atoms. The van der Waals surface area contributed by atoms with Crippen LogP contribution in [-0.2, 0) is 6.54 Å². The summed E-state index contributed by atoms with van der Waals surface area (Å²) in [5, 5.41) is 0. The Morgan fingerprint density at radius 1 is 1.57 bits per heavy atom. The summed E-state index contributed by atoms with van der Waals surface area (Å²) in [6.45, 7) is 7.01. The van der Waals surface area contributed by atoms with Crippen molar-refractivity contribution >= 4 is 11.4 Å². The molecule has 0 saturated carbocycles. The number of hydrogen-bond donors (Lipinski definition) is 0. The largest absolute Gasteiger partial charge is 0.330 e. The van der Waals surface area contributed by atoms with E-state index in [2.05, 4.69) is 18.5 Å². The molecule has 1 aliphatic rings. The summed E-state index contributed by atoms with van der Waals surface area (Å²) in [7, 11) is 0. The standard InChI is InChI=1S/C11H14N2O/c1-3-6-13-7-12-10-9(14)5-4-8(2)11(10)13/h7H,2-6H2,1H3. The Morgan fingerprint density at radius 2 is 2.36 bits per heavy atom. The molecule has 0 atom stereocenters. The van der Waals surface area contributed by atoms with Crippen molar-refractivity contribution < 1.29 is 4.79 Å². The summed E-state index contributed by atoms with van der Waals surface area (Å²) in [6.07, 6.45) is 4.14. The fourth-order valence-electron chi connectivity index (χ4n) is 1.87. The second-order valence-electron chi connectivity index (χ2n) is 3.66. The molecular weight excluding hydrogens is 176 g/mol. The minimum Gasteiger partial charge on any atom is -0.330 e. The van der Waals surface area contributed by atoms with Crippen molar-refractivity contribution in [3.05, 3.63) is 24.3 Å². The van der Waals surface area contributed by atoms with Crippen LogP contribution in [0.15, 0.2) is 12.9 Å². The van der Waals surface area contributed by atoms with E-state index in [-0.39, 0.29) is 5.78 Å². The van der Waals surface area contributed by atoms with E-state index >= 15 is 0 Å². The van der Waals surface area contributed by atoms with Gasteiger partial charge in [-0.15, -0.1) is 0 Å². The third-order valence-electron chi connectivity index (χ3n) is 2.56. The second-order valence-corrected chi connectivity index (χ2v) is 3.66. The number of hydrogen-bond acceptors (Lipinski definition) is 2. The molecule has 3 nitrogen and oxygen atoms in total. The van der Waals surface area contributed by atoms with Gasteiger partial charge in [-0.1, -0.05) is 13.5 Å². The highest BCUT2D eigenvalue weighted by Crippen LogP contribution is 2.28. The zero-order valence-corrected chi connectivity index (χ0v) is 8.42. The number of fused-ring (bicyclic) bond motifs is 1. The van der Waals surface area contributed by atoms with Crippen molar-refractivity contribution in [1.82, 2.24) is 9.55 Å². The highest BCUT2D eigenvalue weighted by Gasteiger charge is 2.24. The average molecular weight is 190 g/mol. The molecule has 2 rings (SSSR count). The Balaban J connectivity index is 2.48. The molecule has 14 heavy (non-hydrogen) atoms. The van der Waals surface area contributed by atoms with Crippen molar-refractivity contribution in [2.45, 2.75) is 32.7 Å². The summed E-state index contributed by atoms with van der Waals surface area (Å²) >= 11 is 0. The molecule has 0 fully saturated rings. The number of carbonyl (C=O) groups is 1. The first-order valence-electron chi connectivity index (χ1n) is 5.00. The van der Waals surface area contributed by atoms with Gasteiger partial charge in [-0.05, 0) is 18.4 Å². The number of allylic oxidation sites excluding steroid dienone is 1. The lowest BCUT2D eigenvalue weighted by atomic mass is 9.95. The van der Waals surface area contributed by atoms with E-state index in [0.29, 0.717) is 12.1 Å². The van der Waals surface area contributed by atoms with Gasteiger partial charge < -0.3 is 4.57 Å². The molecule has 0 aliphatic heterocycles. The third kappa shape index (κ3) is 1.29. The smallest absolute Gasteiger partial charge is 0.183 e. The molecule has 0 radical (unpaired) electrons. The maximum Gasteiger partial charge on any atom is 0.183 e. The van der Waals surface area contributed by atoms with Crippen molar-refractivity contribution in [1.29, 1.82) is 0 Å². The van der Waals surface area contributed by atoms with Gasteiger partial charge in [0.2, 0.25) is 0 Å². The normalized spacial score (nSPS) is 15.8. The van der Waals surface area contributed by atoms with Crippen molar-refractivity contribution in [3.63, 3.8) is 0 Å². The first-order valence-corrected chi connectivity index (χ1v) is 5.00. The van der Waals surface area contributed by atoms with Gasteiger partial charge in [-0.3, -0.25) is 4.79 Å². The van der Waals surface area contributed by atoms with Crippen LogP contribution in [0.2, 0.25) is 0 Å². The minimum atomic E-state index is 0.155. The van der Waals surface area contributed by atoms with Crippen molar-refractivity contribution in [3.8, 4) is 0 Å². The maximum atomic E-state index is 11.5. The molecule has 74 valence electrons. The average Bonchev–Trinajstić information content (AvgIpc) is 2.58. The number of aryl methyl sites for hydroxylation is 1.